The summed E-state index contributed by atoms with van der Waals surface area (Å²) in [5.41, 5.74) is 0. The molecule has 6 aromatic carbocycles. The number of hydrogen-bond donors (Lipinski definition) is 2. The fourth-order valence-corrected chi connectivity index (χ4v) is 13.6. The zero-order valence-electron chi connectivity index (χ0n) is 21.8. The second-order valence-corrected chi connectivity index (χ2v) is 17.6. The summed E-state index contributed by atoms with van der Waals surface area (Å²) >= 11 is -2.48. The van der Waals surface area contributed by atoms with Gasteiger partial charge in [0.25, 0.3) is 11.9 Å². The van der Waals surface area contributed by atoms with Crippen molar-refractivity contribution in [2.75, 3.05) is 0 Å². The van der Waals surface area contributed by atoms with E-state index >= 15 is 0 Å². The van der Waals surface area contributed by atoms with Crippen LogP contribution in [0.3, 0.4) is 0 Å². The van der Waals surface area contributed by atoms with Crippen molar-refractivity contribution in [1.82, 2.24) is 0 Å². The molecule has 0 atom stereocenters. The molecule has 0 aromatic heterocycles. The van der Waals surface area contributed by atoms with Crippen LogP contribution >= 0.6 is 0 Å². The Morgan fingerprint density at radius 3 is 0.923 bits per heavy atom. The zero-order chi connectivity index (χ0) is 27.8. The van der Waals surface area contributed by atoms with E-state index < -0.39 is 33.7 Å². The number of aliphatic carboxylic acids is 2. The van der Waals surface area contributed by atoms with Crippen molar-refractivity contribution in [3.63, 3.8) is 0 Å². The van der Waals surface area contributed by atoms with Crippen LogP contribution < -0.4 is 9.81 Å². The predicted molar refractivity (Wildman–Crippen MR) is 163 cm³/mol. The number of hydrogen-bond acceptors (Lipinski definition) is 2. The molecule has 0 aliphatic rings. The monoisotopic (exact) mass is 710 g/mol. The molecule has 0 unspecified atom stereocenters. The topological polar surface area (TPSA) is 74.6 Å². The molecule has 0 saturated carbocycles. The molecule has 0 radical (unpaired) electrons. The van der Waals surface area contributed by atoms with Gasteiger partial charge in [-0.2, -0.15) is 0 Å². The Kier molecular flexibility index (Phi) is 9.41. The van der Waals surface area contributed by atoms with E-state index in [1.54, 1.807) is 0 Å². The molecule has 2 N–H and O–H groups in total. The fraction of sp³-hybridized carbons (Fsp3) is 0.0588. The average molecular weight is 711 g/mol. The number of carbonyl (C=O) groups is 2. The molecule has 39 heavy (non-hydrogen) atoms. The van der Waals surface area contributed by atoms with Crippen molar-refractivity contribution in [2.45, 2.75) is 13.8 Å². The maximum absolute atomic E-state index is 9.00. The molecule has 0 amide bonds. The predicted octanol–water partition coefficient (Wildman–Crippen LogP) is 5.84. The molecule has 4 nitrogen and oxygen atoms in total. The number of benzene rings is 6. The summed E-state index contributed by atoms with van der Waals surface area (Å²) < 4.78 is 4.58. The first-order valence-corrected chi connectivity index (χ1v) is 17.7. The Morgan fingerprint density at radius 1 is 0.436 bits per heavy atom. The number of rotatable bonds is 3. The average Bonchev–Trinajstić information content (AvgIpc) is 2.92. The number of carboxylic acid groups (broad SMARTS) is 2. The maximum atomic E-state index is 9.00. The molecular weight excluding hydrogens is 681 g/mol. The fourth-order valence-electron chi connectivity index (χ4n) is 4.39. The Labute approximate surface area is 235 Å². The molecule has 0 heterocycles. The molecule has 0 spiro atoms. The Bertz CT molecular complexity index is 1550. The van der Waals surface area contributed by atoms with Gasteiger partial charge < -0.3 is 10.2 Å². The van der Waals surface area contributed by atoms with E-state index in [4.69, 9.17) is 19.8 Å². The van der Waals surface area contributed by atoms with Crippen LogP contribution in [-0.2, 0) is 9.59 Å². The molecule has 6 aromatic rings. The third-order valence-electron chi connectivity index (χ3n) is 5.97. The van der Waals surface area contributed by atoms with E-state index in [2.05, 4.69) is 127 Å². The first kappa shape index (κ1) is 27.9. The minimum absolute atomic E-state index is 0.833. The minimum atomic E-state index is -2.48. The van der Waals surface area contributed by atoms with Crippen molar-refractivity contribution < 1.29 is 19.8 Å². The summed E-state index contributed by atoms with van der Waals surface area (Å²) in [4.78, 5) is 18.0. The standard InChI is InChI=1S/3C10H7.2C2H4O2.Bi/c3*1-2-6-10-8-4-3-7-9(10)5-1;2*1-2(3)4;/h3*1-3,5-8H;2*1H3,(H,3,4);. The molecule has 0 bridgehead atoms. The molecule has 0 aliphatic carbocycles. The Hall–Kier alpha value is -4.08. The summed E-state index contributed by atoms with van der Waals surface area (Å²) in [5.74, 6) is -1.67. The van der Waals surface area contributed by atoms with Crippen molar-refractivity contribution in [3.05, 3.63) is 127 Å². The molecule has 0 saturated heterocycles. The van der Waals surface area contributed by atoms with Crippen molar-refractivity contribution in [1.29, 1.82) is 0 Å². The third kappa shape index (κ3) is 7.49. The van der Waals surface area contributed by atoms with Crippen molar-refractivity contribution in [3.8, 4) is 0 Å². The zero-order valence-corrected chi connectivity index (χ0v) is 25.3. The normalized spacial score (nSPS) is 10.4. The van der Waals surface area contributed by atoms with Gasteiger partial charge in [-0.3, -0.25) is 9.59 Å². The molecule has 194 valence electrons. The molecular formula is C34H29BiO4. The first-order chi connectivity index (χ1) is 18.8. The van der Waals surface area contributed by atoms with Crippen LogP contribution in [0.2, 0.25) is 0 Å². The Morgan fingerprint density at radius 2 is 0.667 bits per heavy atom. The SMILES string of the molecule is CC(=O)O.CC(=O)O.c1ccc2c[c]([Bi]([c]3ccc4ccccc4c3)[c]3ccc4ccccc4c3)ccc2c1. The van der Waals surface area contributed by atoms with E-state index in [-0.39, 0.29) is 0 Å². The van der Waals surface area contributed by atoms with E-state index in [1.165, 1.54) is 42.1 Å². The second-order valence-electron chi connectivity index (χ2n) is 8.97. The van der Waals surface area contributed by atoms with Gasteiger partial charge in [-0.25, -0.2) is 0 Å². The van der Waals surface area contributed by atoms with E-state index in [9.17, 15) is 0 Å². The summed E-state index contributed by atoms with van der Waals surface area (Å²) in [5, 5.41) is 22.8. The van der Waals surface area contributed by atoms with Crippen LogP contribution in [0.4, 0.5) is 0 Å². The molecule has 6 rings (SSSR count). The molecule has 0 aliphatic heterocycles. The van der Waals surface area contributed by atoms with Crippen LogP contribution in [0.15, 0.2) is 127 Å². The van der Waals surface area contributed by atoms with Crippen LogP contribution in [-0.4, -0.2) is 43.9 Å². The van der Waals surface area contributed by atoms with Gasteiger partial charge >= 0.3 is 191 Å². The second kappa shape index (κ2) is 13.1. The van der Waals surface area contributed by atoms with Gasteiger partial charge in [0.1, 0.15) is 0 Å². The van der Waals surface area contributed by atoms with Crippen LogP contribution in [0.5, 0.6) is 0 Å². The van der Waals surface area contributed by atoms with Crippen LogP contribution in [0.1, 0.15) is 13.8 Å². The molecule has 0 fully saturated rings. The van der Waals surface area contributed by atoms with Gasteiger partial charge in [0.2, 0.25) is 0 Å². The van der Waals surface area contributed by atoms with E-state index in [0.29, 0.717) is 0 Å². The number of carboxylic acids is 2. The quantitative estimate of drug-likeness (QED) is 0.227. The molecule has 5 heteroatoms. The van der Waals surface area contributed by atoms with Gasteiger partial charge in [-0.15, -0.1) is 0 Å². The summed E-state index contributed by atoms with van der Waals surface area (Å²) in [7, 11) is 0. The van der Waals surface area contributed by atoms with Crippen LogP contribution in [0, 0.1) is 0 Å². The van der Waals surface area contributed by atoms with E-state index in [0.717, 1.165) is 13.8 Å². The summed E-state index contributed by atoms with van der Waals surface area (Å²) in [6.07, 6.45) is 0. The van der Waals surface area contributed by atoms with Crippen molar-refractivity contribution in [2.24, 2.45) is 0 Å². The van der Waals surface area contributed by atoms with Gasteiger partial charge in [0, 0.05) is 13.8 Å². The van der Waals surface area contributed by atoms with Gasteiger partial charge in [-0.1, -0.05) is 0 Å². The summed E-state index contributed by atoms with van der Waals surface area (Å²) in [6, 6.07) is 47.5. The third-order valence-corrected chi connectivity index (χ3v) is 15.2. The van der Waals surface area contributed by atoms with Crippen molar-refractivity contribution >= 4 is 75.8 Å². The van der Waals surface area contributed by atoms with Gasteiger partial charge in [-0.05, 0) is 0 Å². The van der Waals surface area contributed by atoms with Crippen LogP contribution in [0.25, 0.3) is 32.3 Å². The van der Waals surface area contributed by atoms with Gasteiger partial charge in [0.05, 0.1) is 0 Å². The Balaban J connectivity index is 0.000000392. The first-order valence-electron chi connectivity index (χ1n) is 12.5. The number of fused-ring (bicyclic) bond motifs is 3. The summed E-state index contributed by atoms with van der Waals surface area (Å²) in [6.45, 7) is 2.17. The van der Waals surface area contributed by atoms with Gasteiger partial charge in [0.15, 0.2) is 0 Å². The van der Waals surface area contributed by atoms with E-state index in [1.807, 2.05) is 0 Å².